The lowest BCUT2D eigenvalue weighted by molar-refractivity contribution is -0.137. The van der Waals surface area contributed by atoms with Crippen LogP contribution in [0.2, 0.25) is 0 Å². The molecule has 176 valence electrons. The number of benzene rings is 2. The fourth-order valence-corrected chi connectivity index (χ4v) is 4.55. The van der Waals surface area contributed by atoms with Crippen molar-refractivity contribution in [2.24, 2.45) is 0 Å². The first kappa shape index (κ1) is 23.0. The predicted molar refractivity (Wildman–Crippen MR) is 119 cm³/mol. The van der Waals surface area contributed by atoms with E-state index >= 15 is 0 Å². The first-order valence-electron chi connectivity index (χ1n) is 10.7. The number of aryl methyl sites for hydroxylation is 1. The maximum atomic E-state index is 13.1. The quantitative estimate of drug-likeness (QED) is 0.485. The summed E-state index contributed by atoms with van der Waals surface area (Å²) in [7, 11) is 4.72. The number of rotatable bonds is 6. The van der Waals surface area contributed by atoms with E-state index in [0.29, 0.717) is 23.8 Å². The fourth-order valence-electron chi connectivity index (χ4n) is 4.55. The second-order valence-corrected chi connectivity index (χ2v) is 7.97. The van der Waals surface area contributed by atoms with Crippen molar-refractivity contribution in [2.45, 2.75) is 31.7 Å². The van der Waals surface area contributed by atoms with Crippen molar-refractivity contribution in [3.63, 3.8) is 0 Å². The Labute approximate surface area is 191 Å². The summed E-state index contributed by atoms with van der Waals surface area (Å²) in [6.45, 7) is 2.14. The van der Waals surface area contributed by atoms with Gasteiger partial charge in [0.25, 0.3) is 0 Å². The highest BCUT2D eigenvalue weighted by Gasteiger charge is 2.32. The van der Waals surface area contributed by atoms with E-state index in [-0.39, 0.29) is 6.04 Å². The maximum absolute atomic E-state index is 13.1. The zero-order valence-corrected chi connectivity index (χ0v) is 18.9. The number of nitrogens with zero attached hydrogens (tertiary/aromatic N) is 2. The Morgan fingerprint density at radius 3 is 2.24 bits per heavy atom. The van der Waals surface area contributed by atoms with Gasteiger partial charge in [0.05, 0.1) is 32.9 Å². The van der Waals surface area contributed by atoms with Crippen molar-refractivity contribution >= 4 is 0 Å². The van der Waals surface area contributed by atoms with Crippen LogP contribution in [0.3, 0.4) is 0 Å². The van der Waals surface area contributed by atoms with Crippen LogP contribution < -0.4 is 14.2 Å². The SMILES string of the molecule is COc1ccc(CN2CCCn3cccc3C2c2ccc(C(F)(F)F)cc2)c(OC)c1OC. The number of alkyl halides is 3. The molecule has 8 heteroatoms. The normalized spacial score (nSPS) is 16.7. The Balaban J connectivity index is 1.75. The molecule has 0 amide bonds. The number of aromatic nitrogens is 1. The van der Waals surface area contributed by atoms with Crippen molar-refractivity contribution in [1.82, 2.24) is 9.47 Å². The summed E-state index contributed by atoms with van der Waals surface area (Å²) >= 11 is 0. The molecule has 0 saturated heterocycles. The molecule has 5 nitrogen and oxygen atoms in total. The lowest BCUT2D eigenvalue weighted by Gasteiger charge is -2.31. The van der Waals surface area contributed by atoms with Gasteiger partial charge in [0.2, 0.25) is 5.75 Å². The average molecular weight is 460 g/mol. The Hall–Kier alpha value is -3.13. The largest absolute Gasteiger partial charge is 0.493 e. The molecule has 0 radical (unpaired) electrons. The summed E-state index contributed by atoms with van der Waals surface area (Å²) in [4.78, 5) is 2.27. The third kappa shape index (κ3) is 4.53. The van der Waals surface area contributed by atoms with Gasteiger partial charge in [-0.25, -0.2) is 0 Å². The average Bonchev–Trinajstić information content (AvgIpc) is 3.19. The van der Waals surface area contributed by atoms with Crippen LogP contribution >= 0.6 is 0 Å². The van der Waals surface area contributed by atoms with E-state index in [2.05, 4.69) is 9.47 Å². The topological polar surface area (TPSA) is 35.9 Å². The molecule has 33 heavy (non-hydrogen) atoms. The third-order valence-corrected chi connectivity index (χ3v) is 6.07. The Morgan fingerprint density at radius 1 is 0.879 bits per heavy atom. The summed E-state index contributed by atoms with van der Waals surface area (Å²) in [6, 6.07) is 13.1. The highest BCUT2D eigenvalue weighted by Crippen LogP contribution is 2.42. The van der Waals surface area contributed by atoms with E-state index in [1.165, 1.54) is 0 Å². The number of methoxy groups -OCH3 is 3. The molecule has 0 aliphatic carbocycles. The Morgan fingerprint density at radius 2 is 1.61 bits per heavy atom. The van der Waals surface area contributed by atoms with Gasteiger partial charge < -0.3 is 18.8 Å². The molecule has 0 fully saturated rings. The van der Waals surface area contributed by atoms with Crippen LogP contribution in [0.15, 0.2) is 54.7 Å². The number of fused-ring (bicyclic) bond motifs is 1. The number of halogens is 3. The lowest BCUT2D eigenvalue weighted by atomic mass is 9.99. The summed E-state index contributed by atoms with van der Waals surface area (Å²) < 4.78 is 58.2. The number of ether oxygens (including phenoxy) is 3. The summed E-state index contributed by atoms with van der Waals surface area (Å²) in [5.41, 5.74) is 2.12. The van der Waals surface area contributed by atoms with Crippen LogP contribution in [0.5, 0.6) is 17.2 Å². The van der Waals surface area contributed by atoms with Crippen molar-refractivity contribution in [1.29, 1.82) is 0 Å². The van der Waals surface area contributed by atoms with Crippen molar-refractivity contribution in [3.8, 4) is 17.2 Å². The minimum absolute atomic E-state index is 0.206. The van der Waals surface area contributed by atoms with Crippen LogP contribution in [-0.2, 0) is 19.3 Å². The molecular formula is C25H27F3N2O3. The Bertz CT molecular complexity index is 1090. The van der Waals surface area contributed by atoms with Gasteiger partial charge in [0, 0.05) is 37.1 Å². The third-order valence-electron chi connectivity index (χ3n) is 6.07. The molecule has 1 aromatic heterocycles. The molecule has 4 rings (SSSR count). The van der Waals surface area contributed by atoms with Crippen LogP contribution in [-0.4, -0.2) is 37.3 Å². The van der Waals surface area contributed by atoms with Crippen LogP contribution in [0.4, 0.5) is 13.2 Å². The van der Waals surface area contributed by atoms with E-state index in [1.54, 1.807) is 33.5 Å². The molecule has 2 aromatic carbocycles. The summed E-state index contributed by atoms with van der Waals surface area (Å²) in [6.07, 6.45) is -1.43. The molecule has 1 atom stereocenters. The zero-order chi connectivity index (χ0) is 23.6. The second-order valence-electron chi connectivity index (χ2n) is 7.97. The first-order valence-corrected chi connectivity index (χ1v) is 10.7. The molecule has 0 N–H and O–H groups in total. The number of hydrogen-bond donors (Lipinski definition) is 0. The van der Waals surface area contributed by atoms with Gasteiger partial charge in [0.15, 0.2) is 11.5 Å². The highest BCUT2D eigenvalue weighted by atomic mass is 19.4. The van der Waals surface area contributed by atoms with Gasteiger partial charge >= 0.3 is 6.18 Å². The van der Waals surface area contributed by atoms with Crippen molar-refractivity contribution in [3.05, 3.63) is 77.1 Å². The first-order chi connectivity index (χ1) is 15.9. The Kier molecular flexibility index (Phi) is 6.56. The van der Waals surface area contributed by atoms with E-state index in [0.717, 1.165) is 48.5 Å². The minimum atomic E-state index is -4.37. The molecule has 1 aliphatic heterocycles. The van der Waals surface area contributed by atoms with Gasteiger partial charge in [-0.15, -0.1) is 0 Å². The van der Waals surface area contributed by atoms with Gasteiger partial charge in [-0.05, 0) is 42.3 Å². The van der Waals surface area contributed by atoms with Crippen LogP contribution in [0.25, 0.3) is 0 Å². The molecule has 0 spiro atoms. The second kappa shape index (κ2) is 9.39. The zero-order valence-electron chi connectivity index (χ0n) is 18.9. The highest BCUT2D eigenvalue weighted by molar-refractivity contribution is 5.55. The molecule has 0 bridgehead atoms. The molecule has 1 unspecified atom stereocenters. The van der Waals surface area contributed by atoms with Crippen molar-refractivity contribution < 1.29 is 27.4 Å². The standard InChI is InChI=1S/C25H27F3N2O3/c1-31-21-12-9-18(23(32-2)24(21)33-3)16-30-15-5-14-29-13-4-6-20(29)22(30)17-7-10-19(11-8-17)25(26,27)28/h4,6-13,22H,5,14-16H2,1-3H3. The van der Waals surface area contributed by atoms with Gasteiger partial charge in [-0.3, -0.25) is 4.90 Å². The van der Waals surface area contributed by atoms with Crippen molar-refractivity contribution in [2.75, 3.05) is 27.9 Å². The van der Waals surface area contributed by atoms with Gasteiger partial charge in [-0.2, -0.15) is 13.2 Å². The van der Waals surface area contributed by atoms with E-state index < -0.39 is 11.7 Å². The minimum Gasteiger partial charge on any atom is -0.493 e. The fraction of sp³-hybridized carbons (Fsp3) is 0.360. The maximum Gasteiger partial charge on any atom is 0.416 e. The number of hydrogen-bond acceptors (Lipinski definition) is 4. The van der Waals surface area contributed by atoms with E-state index in [4.69, 9.17) is 14.2 Å². The molecular weight excluding hydrogens is 433 g/mol. The molecule has 0 saturated carbocycles. The van der Waals surface area contributed by atoms with E-state index in [1.807, 2.05) is 30.5 Å². The molecule has 1 aliphatic rings. The summed E-state index contributed by atoms with van der Waals surface area (Å²) in [5.74, 6) is 1.67. The predicted octanol–water partition coefficient (Wildman–Crippen LogP) is 5.53. The van der Waals surface area contributed by atoms with Gasteiger partial charge in [0.1, 0.15) is 0 Å². The summed E-state index contributed by atoms with van der Waals surface area (Å²) in [5, 5.41) is 0. The smallest absolute Gasteiger partial charge is 0.416 e. The lowest BCUT2D eigenvalue weighted by Crippen LogP contribution is -2.29. The van der Waals surface area contributed by atoms with Gasteiger partial charge in [-0.1, -0.05) is 18.2 Å². The van der Waals surface area contributed by atoms with Crippen LogP contribution in [0.1, 0.15) is 34.8 Å². The monoisotopic (exact) mass is 460 g/mol. The van der Waals surface area contributed by atoms with Crippen LogP contribution in [0, 0.1) is 0 Å². The van der Waals surface area contributed by atoms with E-state index in [9.17, 15) is 13.2 Å². The molecule has 2 heterocycles. The molecule has 3 aromatic rings.